The van der Waals surface area contributed by atoms with Crippen LogP contribution >= 0.6 is 11.6 Å². The lowest BCUT2D eigenvalue weighted by Crippen LogP contribution is -2.38. The van der Waals surface area contributed by atoms with E-state index in [1.54, 1.807) is 6.07 Å². The maximum Gasteiger partial charge on any atom is 0.253 e. The maximum atomic E-state index is 13.0. The summed E-state index contributed by atoms with van der Waals surface area (Å²) in [6.45, 7) is 12.5. The molecule has 1 amide bonds. The number of nitrogens with one attached hydrogen (secondary N) is 2. The maximum absolute atomic E-state index is 13.0. The number of aromatic amines is 1. The average Bonchev–Trinajstić information content (AvgIpc) is 2.68. The Labute approximate surface area is 183 Å². The summed E-state index contributed by atoms with van der Waals surface area (Å²) < 4.78 is 0. The van der Waals surface area contributed by atoms with E-state index in [1.807, 2.05) is 32.9 Å². The van der Waals surface area contributed by atoms with Crippen molar-refractivity contribution in [3.8, 4) is 0 Å². The van der Waals surface area contributed by atoms with Crippen molar-refractivity contribution in [1.82, 2.24) is 15.2 Å². The molecule has 162 valence electrons. The van der Waals surface area contributed by atoms with Gasteiger partial charge in [0.15, 0.2) is 0 Å². The number of aromatic nitrogens is 1. The lowest BCUT2D eigenvalue weighted by Gasteiger charge is -2.35. The number of aryl methyl sites for hydroxylation is 2. The highest BCUT2D eigenvalue weighted by molar-refractivity contribution is 6.31. The lowest BCUT2D eigenvalue weighted by atomic mass is 9.85. The second kappa shape index (κ2) is 9.36. The summed E-state index contributed by atoms with van der Waals surface area (Å²) >= 11 is 6.40. The fourth-order valence-corrected chi connectivity index (χ4v) is 4.68. The van der Waals surface area contributed by atoms with Gasteiger partial charge in [-0.1, -0.05) is 11.6 Å². The summed E-state index contributed by atoms with van der Waals surface area (Å²) in [5.41, 5.74) is 4.84. The molecule has 0 atom stereocenters. The molecule has 0 spiro atoms. The predicted molar refractivity (Wildman–Crippen MR) is 123 cm³/mol. The zero-order chi connectivity index (χ0) is 22.0. The molecule has 0 saturated carbocycles. The van der Waals surface area contributed by atoms with E-state index < -0.39 is 0 Å². The number of piperidine rings is 1. The van der Waals surface area contributed by atoms with Gasteiger partial charge in [0, 0.05) is 34.4 Å². The summed E-state index contributed by atoms with van der Waals surface area (Å²) in [6.07, 6.45) is 2.14. The Morgan fingerprint density at radius 2 is 1.87 bits per heavy atom. The van der Waals surface area contributed by atoms with Crippen LogP contribution in [0.25, 0.3) is 0 Å². The minimum atomic E-state index is -0.199. The highest BCUT2D eigenvalue weighted by atomic mass is 35.5. The first kappa shape index (κ1) is 22.6. The zero-order valence-electron chi connectivity index (χ0n) is 18.6. The predicted octanol–water partition coefficient (Wildman–Crippen LogP) is 4.47. The molecule has 1 aromatic carbocycles. The van der Waals surface area contributed by atoms with Gasteiger partial charge in [-0.3, -0.25) is 9.59 Å². The van der Waals surface area contributed by atoms with Crippen LogP contribution in [0, 0.1) is 20.8 Å². The minimum absolute atomic E-state index is 0.159. The van der Waals surface area contributed by atoms with Gasteiger partial charge >= 0.3 is 0 Å². The van der Waals surface area contributed by atoms with E-state index in [2.05, 4.69) is 29.0 Å². The highest BCUT2D eigenvalue weighted by Crippen LogP contribution is 2.34. The van der Waals surface area contributed by atoms with Crippen LogP contribution in [0.1, 0.15) is 70.9 Å². The van der Waals surface area contributed by atoms with E-state index in [1.165, 1.54) is 5.56 Å². The van der Waals surface area contributed by atoms with Crippen LogP contribution < -0.4 is 10.9 Å². The van der Waals surface area contributed by atoms with Gasteiger partial charge in [-0.15, -0.1) is 0 Å². The van der Waals surface area contributed by atoms with Crippen LogP contribution in [-0.2, 0) is 6.54 Å². The third kappa shape index (κ3) is 4.96. The fourth-order valence-electron chi connectivity index (χ4n) is 4.45. The fraction of sp³-hybridized carbons (Fsp3) is 0.500. The van der Waals surface area contributed by atoms with Crippen LogP contribution in [0.2, 0.25) is 5.02 Å². The number of hydrogen-bond donors (Lipinski definition) is 2. The first-order chi connectivity index (χ1) is 14.2. The smallest absolute Gasteiger partial charge is 0.253 e. The van der Waals surface area contributed by atoms with Crippen molar-refractivity contribution in [2.75, 3.05) is 13.1 Å². The van der Waals surface area contributed by atoms with Crippen molar-refractivity contribution in [1.29, 1.82) is 0 Å². The van der Waals surface area contributed by atoms with Crippen molar-refractivity contribution in [2.45, 2.75) is 66.0 Å². The van der Waals surface area contributed by atoms with E-state index in [0.29, 0.717) is 28.1 Å². The second-order valence-corrected chi connectivity index (χ2v) is 9.13. The van der Waals surface area contributed by atoms with Crippen molar-refractivity contribution < 1.29 is 4.79 Å². The molecular weight excluding hydrogens is 398 g/mol. The van der Waals surface area contributed by atoms with Gasteiger partial charge in [0.1, 0.15) is 0 Å². The van der Waals surface area contributed by atoms with Gasteiger partial charge < -0.3 is 15.2 Å². The summed E-state index contributed by atoms with van der Waals surface area (Å²) in [5.74, 6) is 0.211. The summed E-state index contributed by atoms with van der Waals surface area (Å²) in [4.78, 5) is 30.5. The monoisotopic (exact) mass is 429 g/mol. The third-order valence-electron chi connectivity index (χ3n) is 6.28. The first-order valence-corrected chi connectivity index (χ1v) is 11.1. The first-order valence-electron chi connectivity index (χ1n) is 10.7. The summed E-state index contributed by atoms with van der Waals surface area (Å²) in [5, 5.41) is 3.49. The Morgan fingerprint density at radius 1 is 1.20 bits per heavy atom. The number of rotatable bonds is 5. The number of amides is 1. The number of hydrogen-bond acceptors (Lipinski definition) is 3. The number of carbonyl (C=O) groups excluding carboxylic acids is 1. The molecule has 0 radical (unpaired) electrons. The normalized spacial score (nSPS) is 15.6. The number of benzene rings is 1. The van der Waals surface area contributed by atoms with Gasteiger partial charge in [0.05, 0.1) is 0 Å². The Bertz CT molecular complexity index is 989. The molecule has 0 unspecified atom stereocenters. The van der Waals surface area contributed by atoms with E-state index in [4.69, 9.17) is 11.6 Å². The second-order valence-electron chi connectivity index (χ2n) is 8.70. The number of H-pyrrole nitrogens is 1. The van der Waals surface area contributed by atoms with Gasteiger partial charge in [-0.2, -0.15) is 0 Å². The van der Waals surface area contributed by atoms with Gasteiger partial charge in [0.25, 0.3) is 11.5 Å². The molecule has 0 aliphatic carbocycles. The Morgan fingerprint density at radius 3 is 2.47 bits per heavy atom. The van der Waals surface area contributed by atoms with Crippen LogP contribution in [0.3, 0.4) is 0 Å². The Hall–Kier alpha value is -2.11. The largest absolute Gasteiger partial charge is 0.348 e. The molecule has 5 nitrogen and oxygen atoms in total. The molecule has 2 heterocycles. The molecule has 1 aliphatic rings. The van der Waals surface area contributed by atoms with Crippen LogP contribution in [0.15, 0.2) is 23.0 Å². The Kier molecular flexibility index (Phi) is 7.04. The molecule has 2 N–H and O–H groups in total. The SMILES string of the molecule is Cc1cc(C)c(CNC(=O)c2cc(Cl)cc(C3CCN(C(C)C)CC3)c2C)c(=O)[nH]1. The Balaban J connectivity index is 1.78. The van der Waals surface area contributed by atoms with Crippen molar-refractivity contribution in [2.24, 2.45) is 0 Å². The molecule has 3 rings (SSSR count). The van der Waals surface area contributed by atoms with Crippen LogP contribution in [0.5, 0.6) is 0 Å². The number of nitrogens with zero attached hydrogens (tertiary/aromatic N) is 1. The summed E-state index contributed by atoms with van der Waals surface area (Å²) in [6, 6.07) is 6.21. The number of pyridine rings is 1. The zero-order valence-corrected chi connectivity index (χ0v) is 19.3. The topological polar surface area (TPSA) is 65.2 Å². The molecule has 1 fully saturated rings. The molecule has 0 bridgehead atoms. The average molecular weight is 430 g/mol. The summed E-state index contributed by atoms with van der Waals surface area (Å²) in [7, 11) is 0. The molecule has 6 heteroatoms. The lowest BCUT2D eigenvalue weighted by molar-refractivity contribution is 0.0950. The van der Waals surface area contributed by atoms with E-state index in [9.17, 15) is 9.59 Å². The van der Waals surface area contributed by atoms with Gasteiger partial charge in [-0.25, -0.2) is 0 Å². The number of carbonyl (C=O) groups is 1. The molecule has 1 aromatic heterocycles. The quantitative estimate of drug-likeness (QED) is 0.736. The third-order valence-corrected chi connectivity index (χ3v) is 6.49. The van der Waals surface area contributed by atoms with Crippen molar-refractivity contribution in [3.63, 3.8) is 0 Å². The molecule has 1 saturated heterocycles. The molecule has 30 heavy (non-hydrogen) atoms. The van der Waals surface area contributed by atoms with Crippen LogP contribution in [-0.4, -0.2) is 34.9 Å². The molecule has 1 aliphatic heterocycles. The molecular formula is C24H32ClN3O2. The minimum Gasteiger partial charge on any atom is -0.348 e. The van der Waals surface area contributed by atoms with E-state index in [0.717, 1.165) is 42.8 Å². The number of halogens is 1. The highest BCUT2D eigenvalue weighted by Gasteiger charge is 2.25. The van der Waals surface area contributed by atoms with Crippen molar-refractivity contribution >= 4 is 17.5 Å². The van der Waals surface area contributed by atoms with Crippen LogP contribution in [0.4, 0.5) is 0 Å². The van der Waals surface area contributed by atoms with Gasteiger partial charge in [0.2, 0.25) is 0 Å². The number of likely N-dealkylation sites (tertiary alicyclic amines) is 1. The van der Waals surface area contributed by atoms with E-state index in [-0.39, 0.29) is 18.0 Å². The van der Waals surface area contributed by atoms with E-state index >= 15 is 0 Å². The van der Waals surface area contributed by atoms with Crippen molar-refractivity contribution in [3.05, 3.63) is 67.1 Å². The van der Waals surface area contributed by atoms with Gasteiger partial charge in [-0.05, 0) is 101 Å². The molecule has 2 aromatic rings. The standard InChI is InChI=1S/C24H32ClN3O2/c1-14(2)28-8-6-18(7-9-28)20-11-19(25)12-21(17(20)5)23(29)26-13-22-15(3)10-16(4)27-24(22)30/h10-12,14,18H,6-9,13H2,1-5H3,(H,26,29)(H,27,30).